The van der Waals surface area contributed by atoms with Crippen LogP contribution >= 0.6 is 0 Å². The number of benzene rings is 1. The quantitative estimate of drug-likeness (QED) is 0.0843. The van der Waals surface area contributed by atoms with Crippen molar-refractivity contribution < 1.29 is 18.9 Å². The number of anilines is 8. The second-order valence-electron chi connectivity index (χ2n) is 29.1. The minimum atomic E-state index is 0.201. The molecule has 580 valence electrons. The largest absolute Gasteiger partial charge is 0.378 e. The molecule has 13 aromatic rings. The fourth-order valence-electron chi connectivity index (χ4n) is 14.9. The number of para-hydroxylation sites is 1. The topological polar surface area (TPSA) is 431 Å². The number of morpholine rings is 4. The Hall–Kier alpha value is -12.0. The summed E-state index contributed by atoms with van der Waals surface area (Å²) in [6.07, 6.45) is 30.2. The smallest absolute Gasteiger partial charge is 0.228 e. The Kier molecular flexibility index (Phi) is 22.0. The van der Waals surface area contributed by atoms with Crippen molar-refractivity contribution in [2.75, 3.05) is 141 Å². The molecule has 16 heterocycles. The number of nitrogens with zero attached hydrogens (tertiary/aromatic N) is 28. The first-order valence-electron chi connectivity index (χ1n) is 38.4. The first-order chi connectivity index (χ1) is 54.7. The SMILES string of the molecule is CC1CCC(n2cnc3c(-c4cnc(N)nc4)nc(N4CCOCC4)nc32)C1.CC1CCC(n2cnc3c(-c4cnc(N)nc4)nc(N4CCOCC4)nc32)CC1.CCC(C)n1cnc2c(-c3cnc(N)nc3)nc(N3CCOCC3C)nc21.Nc1ncc(-c2nc(N3CCOCC3)nc3c2ncn3-c2ccccc2)cn1. The van der Waals surface area contributed by atoms with Gasteiger partial charge in [0.2, 0.25) is 47.6 Å². The molecule has 12 aromatic heterocycles. The summed E-state index contributed by atoms with van der Waals surface area (Å²) < 4.78 is 30.6. The van der Waals surface area contributed by atoms with Crippen LogP contribution in [0.4, 0.5) is 47.6 Å². The van der Waals surface area contributed by atoms with E-state index in [-0.39, 0.29) is 35.9 Å². The number of rotatable bonds is 13. The Balaban J connectivity index is 0.000000113. The second-order valence-corrected chi connectivity index (χ2v) is 29.1. The number of imidazole rings is 4. The average Bonchev–Trinajstić information content (AvgIpc) is 1.59. The molecule has 4 aliphatic heterocycles. The molecule has 2 saturated carbocycles. The van der Waals surface area contributed by atoms with Crippen molar-refractivity contribution in [3.63, 3.8) is 0 Å². The number of nitrogens with two attached hydrogens (primary N) is 4. The highest BCUT2D eigenvalue weighted by Crippen LogP contribution is 2.40. The summed E-state index contributed by atoms with van der Waals surface area (Å²) in [5.74, 6) is 5.19. The zero-order chi connectivity index (χ0) is 76.8. The van der Waals surface area contributed by atoms with Gasteiger partial charge in [0.1, 0.15) is 51.2 Å². The van der Waals surface area contributed by atoms with E-state index in [1.165, 1.54) is 19.3 Å². The lowest BCUT2D eigenvalue weighted by Gasteiger charge is -2.33. The van der Waals surface area contributed by atoms with E-state index < -0.39 is 0 Å². The molecule has 6 fully saturated rings. The molecule has 0 radical (unpaired) electrons. The number of hydrogen-bond acceptors (Lipinski definition) is 32. The third-order valence-corrected chi connectivity index (χ3v) is 21.4. The Morgan fingerprint density at radius 3 is 1.21 bits per heavy atom. The minimum Gasteiger partial charge on any atom is -0.378 e. The van der Waals surface area contributed by atoms with E-state index in [9.17, 15) is 0 Å². The molecule has 36 heteroatoms. The predicted octanol–water partition coefficient (Wildman–Crippen LogP) is 8.27. The molecular weight excluding hydrogens is 1430 g/mol. The van der Waals surface area contributed by atoms with Crippen molar-refractivity contribution in [3.05, 3.63) is 105 Å². The van der Waals surface area contributed by atoms with Gasteiger partial charge in [0.25, 0.3) is 0 Å². The van der Waals surface area contributed by atoms with Gasteiger partial charge in [0.15, 0.2) is 22.6 Å². The van der Waals surface area contributed by atoms with Crippen LogP contribution in [-0.4, -0.2) is 223 Å². The van der Waals surface area contributed by atoms with Crippen molar-refractivity contribution in [3.8, 4) is 50.7 Å². The third kappa shape index (κ3) is 16.0. The summed E-state index contributed by atoms with van der Waals surface area (Å²) >= 11 is 0. The fraction of sp³-hybridized carbons (Fsp3) is 0.447. The molecule has 1 aromatic carbocycles. The van der Waals surface area contributed by atoms with Gasteiger partial charge in [-0.1, -0.05) is 39.0 Å². The Morgan fingerprint density at radius 2 is 0.768 bits per heavy atom. The lowest BCUT2D eigenvalue weighted by molar-refractivity contribution is 0.0981. The molecule has 6 aliphatic rings. The van der Waals surface area contributed by atoms with Crippen LogP contribution in [0.3, 0.4) is 0 Å². The molecule has 0 amide bonds. The van der Waals surface area contributed by atoms with Crippen LogP contribution in [0, 0.1) is 11.8 Å². The number of ether oxygens (including phenoxy) is 4. The van der Waals surface area contributed by atoms with Gasteiger partial charge in [-0.05, 0) is 89.2 Å². The first-order valence-corrected chi connectivity index (χ1v) is 38.4. The number of hydrogen-bond donors (Lipinski definition) is 4. The van der Waals surface area contributed by atoms with Crippen molar-refractivity contribution in [2.45, 2.75) is 110 Å². The minimum absolute atomic E-state index is 0.201. The van der Waals surface area contributed by atoms with Gasteiger partial charge >= 0.3 is 0 Å². The van der Waals surface area contributed by atoms with Crippen LogP contribution in [-0.2, 0) is 18.9 Å². The van der Waals surface area contributed by atoms with Crippen molar-refractivity contribution >= 4 is 92.2 Å². The standard InChI is InChI=1S/C20H26N8O.C19H24N8O.C19H18N8O.C18H24N8O/c1-13-2-4-15(5-3-13)28-12-24-17-16(14-10-22-19(21)23-11-14)25-20(26-18(17)28)27-6-8-29-9-7-27;1-12-2-3-14(8-12)27-11-23-16-15(13-9-21-18(20)22-10-13)24-19(25-17(16)27)26-4-6-28-7-5-26;20-18-21-10-13(11-22-18)15-16-17(25-19(24-15)26-6-8-28-9-7-26)27(12-23-16)14-4-2-1-3-5-14;1-4-11(2)26-10-22-15-14(13-7-20-17(19)21-8-13)23-18(24-16(15)26)25-5-6-27-9-12(25)3/h10-13,15H,2-9H2,1H3,(H2,21,22,23);9-12,14H,2-8H2,1H3,(H2,20,21,22);1-5,10-12H,6-9H2,(H2,20,21,22);7-8,10-12H,4-6,9H2,1-3H3,(H2,19,20,21). The molecule has 0 bridgehead atoms. The maximum Gasteiger partial charge on any atom is 0.228 e. The Bertz CT molecular complexity index is 5330. The van der Waals surface area contributed by atoms with E-state index in [0.29, 0.717) is 99.9 Å². The Labute approximate surface area is 645 Å². The molecule has 2 aliphatic carbocycles. The summed E-state index contributed by atoms with van der Waals surface area (Å²) in [6.45, 7) is 21.8. The first kappa shape index (κ1) is 74.1. The second kappa shape index (κ2) is 33.3. The lowest BCUT2D eigenvalue weighted by atomic mass is 9.87. The summed E-state index contributed by atoms with van der Waals surface area (Å²) in [5.41, 5.74) is 35.9. The number of nitrogen functional groups attached to an aromatic ring is 4. The molecule has 0 spiro atoms. The van der Waals surface area contributed by atoms with Crippen molar-refractivity contribution in [1.29, 1.82) is 0 Å². The predicted molar refractivity (Wildman–Crippen MR) is 425 cm³/mol. The van der Waals surface area contributed by atoms with Crippen molar-refractivity contribution in [1.82, 2.24) is 118 Å². The summed E-state index contributed by atoms with van der Waals surface area (Å²) in [4.78, 5) is 99.1. The van der Waals surface area contributed by atoms with E-state index in [2.05, 4.69) is 123 Å². The van der Waals surface area contributed by atoms with Crippen LogP contribution in [0.5, 0.6) is 0 Å². The molecule has 19 rings (SSSR count). The summed E-state index contributed by atoms with van der Waals surface area (Å²) in [7, 11) is 0. The van der Waals surface area contributed by atoms with Gasteiger partial charge in [0, 0.05) is 141 Å². The van der Waals surface area contributed by atoms with Gasteiger partial charge in [-0.15, -0.1) is 0 Å². The molecule has 4 saturated heterocycles. The molecule has 36 nitrogen and oxygen atoms in total. The van der Waals surface area contributed by atoms with Crippen LogP contribution < -0.4 is 42.5 Å². The monoisotopic (exact) mass is 1520 g/mol. The molecule has 4 unspecified atom stereocenters. The zero-order valence-corrected chi connectivity index (χ0v) is 63.5. The van der Waals surface area contributed by atoms with E-state index >= 15 is 0 Å². The summed E-state index contributed by atoms with van der Waals surface area (Å²) in [5, 5.41) is 0. The Morgan fingerprint density at radius 1 is 0.393 bits per heavy atom. The van der Waals surface area contributed by atoms with Crippen LogP contribution in [0.15, 0.2) is 105 Å². The van der Waals surface area contributed by atoms with E-state index in [1.54, 1.807) is 55.9 Å². The molecular formula is C76H92N32O4. The van der Waals surface area contributed by atoms with Crippen LogP contribution in [0.2, 0.25) is 0 Å². The highest BCUT2D eigenvalue weighted by Gasteiger charge is 2.31. The van der Waals surface area contributed by atoms with Gasteiger partial charge < -0.3 is 75.2 Å². The van der Waals surface area contributed by atoms with E-state index in [0.717, 1.165) is 174 Å². The van der Waals surface area contributed by atoms with Gasteiger partial charge in [-0.25, -0.2) is 79.7 Å². The third-order valence-electron chi connectivity index (χ3n) is 21.4. The lowest BCUT2D eigenvalue weighted by Crippen LogP contribution is -2.44. The van der Waals surface area contributed by atoms with Gasteiger partial charge in [-0.2, -0.15) is 19.9 Å². The number of fused-ring (bicyclic) bond motifs is 4. The number of aromatic nitrogens is 24. The van der Waals surface area contributed by atoms with Gasteiger partial charge in [-0.3, -0.25) is 4.57 Å². The van der Waals surface area contributed by atoms with Crippen LogP contribution in [0.25, 0.3) is 95.4 Å². The fourth-order valence-corrected chi connectivity index (χ4v) is 14.9. The highest BCUT2D eigenvalue weighted by molar-refractivity contribution is 5.92. The van der Waals surface area contributed by atoms with Crippen molar-refractivity contribution in [2.24, 2.45) is 11.8 Å². The van der Waals surface area contributed by atoms with E-state index in [4.69, 9.17) is 86.7 Å². The zero-order valence-electron chi connectivity index (χ0n) is 63.5. The summed E-state index contributed by atoms with van der Waals surface area (Å²) in [6, 6.07) is 11.3. The normalized spacial score (nSPS) is 19.8. The van der Waals surface area contributed by atoms with Crippen LogP contribution in [0.1, 0.15) is 104 Å². The highest BCUT2D eigenvalue weighted by atomic mass is 16.5. The molecule has 112 heavy (non-hydrogen) atoms. The maximum absolute atomic E-state index is 5.68. The average molecular weight is 1520 g/mol. The van der Waals surface area contributed by atoms with E-state index in [1.807, 2.05) is 53.9 Å². The maximum atomic E-state index is 5.68. The molecule has 4 atom stereocenters. The van der Waals surface area contributed by atoms with Gasteiger partial charge in [0.05, 0.1) is 77.9 Å². The molecule has 8 N–H and O–H groups in total.